The van der Waals surface area contributed by atoms with Crippen molar-refractivity contribution in [2.75, 3.05) is 5.88 Å². The second kappa shape index (κ2) is 7.77. The first-order valence-corrected chi connectivity index (χ1v) is 3.77. The van der Waals surface area contributed by atoms with E-state index < -0.39 is 0 Å². The lowest BCUT2D eigenvalue weighted by atomic mass is 10.3. The lowest BCUT2D eigenvalue weighted by Crippen LogP contribution is -1.64. The fraction of sp³-hybridized carbons (Fsp3) is 0.500. The van der Waals surface area contributed by atoms with Crippen molar-refractivity contribution in [3.63, 3.8) is 0 Å². The van der Waals surface area contributed by atoms with Gasteiger partial charge in [0.05, 0.1) is 0 Å². The van der Waals surface area contributed by atoms with E-state index in [1.807, 2.05) is 13.0 Å². The molecule has 0 N–H and O–H groups in total. The summed E-state index contributed by atoms with van der Waals surface area (Å²) in [7, 11) is 0. The Balaban J connectivity index is 2.99. The minimum atomic E-state index is 0.635. The maximum absolute atomic E-state index is 5.41. The third-order valence-corrected chi connectivity index (χ3v) is 1.17. The predicted molar refractivity (Wildman–Crippen MR) is 43.9 cm³/mol. The summed E-state index contributed by atoms with van der Waals surface area (Å²) in [6.07, 6.45) is 10.5. The molecule has 0 spiro atoms. The van der Waals surface area contributed by atoms with Crippen molar-refractivity contribution < 1.29 is 0 Å². The van der Waals surface area contributed by atoms with Gasteiger partial charge in [-0.3, -0.25) is 0 Å². The maximum Gasteiger partial charge on any atom is 0.0404 e. The molecule has 0 bridgehead atoms. The first-order chi connectivity index (χ1) is 4.41. The van der Waals surface area contributed by atoms with E-state index in [0.717, 1.165) is 12.8 Å². The normalized spacial score (nSPS) is 11.8. The van der Waals surface area contributed by atoms with Crippen LogP contribution in [0.4, 0.5) is 0 Å². The molecule has 0 unspecified atom stereocenters. The van der Waals surface area contributed by atoms with Gasteiger partial charge in [0.1, 0.15) is 0 Å². The van der Waals surface area contributed by atoms with Gasteiger partial charge in [0.2, 0.25) is 0 Å². The van der Waals surface area contributed by atoms with Gasteiger partial charge in [-0.1, -0.05) is 24.3 Å². The average molecular weight is 145 g/mol. The molecule has 0 fully saturated rings. The third-order valence-electron chi connectivity index (χ3n) is 0.991. The number of alkyl halides is 1. The molecule has 0 aromatic carbocycles. The van der Waals surface area contributed by atoms with Gasteiger partial charge >= 0.3 is 0 Å². The van der Waals surface area contributed by atoms with Gasteiger partial charge < -0.3 is 0 Å². The van der Waals surface area contributed by atoms with Crippen LogP contribution in [0, 0.1) is 0 Å². The molecular formula is C8H13Cl. The molecule has 0 amide bonds. The highest BCUT2D eigenvalue weighted by atomic mass is 35.5. The van der Waals surface area contributed by atoms with E-state index in [-0.39, 0.29) is 0 Å². The molecule has 0 aliphatic carbocycles. The summed E-state index contributed by atoms with van der Waals surface area (Å²) in [4.78, 5) is 0. The van der Waals surface area contributed by atoms with Gasteiger partial charge in [0, 0.05) is 5.88 Å². The first-order valence-electron chi connectivity index (χ1n) is 3.24. The summed E-state index contributed by atoms with van der Waals surface area (Å²) in [5, 5.41) is 0. The summed E-state index contributed by atoms with van der Waals surface area (Å²) in [6, 6.07) is 0. The second-order valence-corrected chi connectivity index (χ2v) is 2.08. The van der Waals surface area contributed by atoms with Gasteiger partial charge in [-0.25, -0.2) is 0 Å². The van der Waals surface area contributed by atoms with E-state index in [1.54, 1.807) is 0 Å². The molecule has 0 aromatic heterocycles. The van der Waals surface area contributed by atoms with Crippen molar-refractivity contribution in [1.82, 2.24) is 0 Å². The number of hydrogen-bond donors (Lipinski definition) is 0. The van der Waals surface area contributed by atoms with Crippen LogP contribution in [0.3, 0.4) is 0 Å². The summed E-state index contributed by atoms with van der Waals surface area (Å²) in [5.74, 6) is 0.635. The summed E-state index contributed by atoms with van der Waals surface area (Å²) < 4.78 is 0. The molecule has 0 aliphatic rings. The Morgan fingerprint density at radius 1 is 1.11 bits per heavy atom. The molecule has 0 heterocycles. The molecule has 1 heteroatoms. The Labute approximate surface area is 62.2 Å². The van der Waals surface area contributed by atoms with Crippen LogP contribution in [-0.4, -0.2) is 5.88 Å². The first kappa shape index (κ1) is 8.77. The average Bonchev–Trinajstić information content (AvgIpc) is 1.89. The molecule has 0 saturated carbocycles. The van der Waals surface area contributed by atoms with Crippen molar-refractivity contribution >= 4 is 11.6 Å². The van der Waals surface area contributed by atoms with Crippen molar-refractivity contribution in [2.45, 2.75) is 19.8 Å². The van der Waals surface area contributed by atoms with Crippen molar-refractivity contribution in [3.05, 3.63) is 24.3 Å². The van der Waals surface area contributed by atoms with Gasteiger partial charge in [0.25, 0.3) is 0 Å². The molecule has 0 radical (unpaired) electrons. The Bertz CT molecular complexity index is 92.7. The van der Waals surface area contributed by atoms with E-state index in [1.165, 1.54) is 0 Å². The Kier molecular flexibility index (Phi) is 7.57. The van der Waals surface area contributed by atoms with E-state index in [0.29, 0.717) is 5.88 Å². The van der Waals surface area contributed by atoms with Crippen LogP contribution in [0.15, 0.2) is 24.3 Å². The monoisotopic (exact) mass is 144 g/mol. The molecule has 52 valence electrons. The third kappa shape index (κ3) is 7.77. The molecule has 9 heavy (non-hydrogen) atoms. The molecule has 0 atom stereocenters. The molecule has 0 aliphatic heterocycles. The minimum Gasteiger partial charge on any atom is -0.122 e. The Morgan fingerprint density at radius 2 is 1.78 bits per heavy atom. The lowest BCUT2D eigenvalue weighted by molar-refractivity contribution is 1.05. The number of rotatable bonds is 4. The zero-order chi connectivity index (χ0) is 6.95. The van der Waals surface area contributed by atoms with Gasteiger partial charge in [-0.2, -0.15) is 0 Å². The molecule has 0 aromatic rings. The van der Waals surface area contributed by atoms with E-state index in [2.05, 4.69) is 18.2 Å². The van der Waals surface area contributed by atoms with Crippen LogP contribution in [0.2, 0.25) is 0 Å². The summed E-state index contributed by atoms with van der Waals surface area (Å²) in [6.45, 7) is 2.03. The van der Waals surface area contributed by atoms with Crippen LogP contribution < -0.4 is 0 Å². The van der Waals surface area contributed by atoms with Gasteiger partial charge in [-0.05, 0) is 19.8 Å². The lowest BCUT2D eigenvalue weighted by Gasteiger charge is -1.82. The van der Waals surface area contributed by atoms with Crippen LogP contribution in [-0.2, 0) is 0 Å². The van der Waals surface area contributed by atoms with E-state index in [4.69, 9.17) is 11.6 Å². The molecular weight excluding hydrogens is 132 g/mol. The maximum atomic E-state index is 5.41. The molecule has 0 rings (SSSR count). The minimum absolute atomic E-state index is 0.635. The molecule has 0 saturated heterocycles. The van der Waals surface area contributed by atoms with Crippen molar-refractivity contribution in [2.24, 2.45) is 0 Å². The van der Waals surface area contributed by atoms with Crippen LogP contribution in [0.5, 0.6) is 0 Å². The number of allylic oxidation sites excluding steroid dienone is 4. The topological polar surface area (TPSA) is 0 Å². The van der Waals surface area contributed by atoms with Gasteiger partial charge in [-0.15, -0.1) is 11.6 Å². The van der Waals surface area contributed by atoms with Crippen molar-refractivity contribution in [3.8, 4) is 0 Å². The largest absolute Gasteiger partial charge is 0.122 e. The van der Waals surface area contributed by atoms with E-state index >= 15 is 0 Å². The number of halogens is 1. The smallest absolute Gasteiger partial charge is 0.0404 e. The highest BCUT2D eigenvalue weighted by Crippen LogP contribution is 1.92. The second-order valence-electron chi connectivity index (χ2n) is 1.77. The molecule has 0 nitrogen and oxygen atoms in total. The standard InChI is InChI=1S/C8H13Cl/c1-2-3-4-5-6-7-8-9/h2-3,6-7H,4-5,8H2,1H3/b3-2+,7-6+. The Morgan fingerprint density at radius 3 is 2.33 bits per heavy atom. The van der Waals surface area contributed by atoms with Crippen molar-refractivity contribution in [1.29, 1.82) is 0 Å². The zero-order valence-electron chi connectivity index (χ0n) is 5.81. The predicted octanol–water partition coefficient (Wildman–Crippen LogP) is 3.14. The van der Waals surface area contributed by atoms with Crippen LogP contribution in [0.1, 0.15) is 19.8 Å². The quantitative estimate of drug-likeness (QED) is 0.323. The summed E-state index contributed by atoms with van der Waals surface area (Å²) in [5.41, 5.74) is 0. The zero-order valence-corrected chi connectivity index (χ0v) is 6.56. The SMILES string of the molecule is C/C=C/CC/C=C/CCl. The Hall–Kier alpha value is -0.230. The summed E-state index contributed by atoms with van der Waals surface area (Å²) >= 11 is 5.41. The van der Waals surface area contributed by atoms with Crippen LogP contribution in [0.25, 0.3) is 0 Å². The van der Waals surface area contributed by atoms with Crippen LogP contribution >= 0.6 is 11.6 Å². The fourth-order valence-corrected chi connectivity index (χ4v) is 0.666. The highest BCUT2D eigenvalue weighted by molar-refractivity contribution is 6.18. The number of unbranched alkanes of at least 4 members (excludes halogenated alkanes) is 1. The number of hydrogen-bond acceptors (Lipinski definition) is 0. The van der Waals surface area contributed by atoms with Gasteiger partial charge in [0.15, 0.2) is 0 Å². The highest BCUT2D eigenvalue weighted by Gasteiger charge is 1.73. The van der Waals surface area contributed by atoms with E-state index in [9.17, 15) is 0 Å². The fourth-order valence-electron chi connectivity index (χ4n) is 0.540.